The van der Waals surface area contributed by atoms with E-state index in [1.54, 1.807) is 0 Å². The maximum atomic E-state index is 14.0. The standard InChI is InChI=1S/C16H21FN2O2/c1-3-14-19-12-8-10(7-11(17)15(12)21-14)9-18-13-5-4-6-16(13,2)20/h7-8,13,18,20H,3-6,9H2,1-2H3/t13-,16+/m0/s1. The Hall–Kier alpha value is -1.46. The monoisotopic (exact) mass is 292 g/mol. The number of fused-ring (bicyclic) bond motifs is 1. The van der Waals surface area contributed by atoms with Gasteiger partial charge in [-0.1, -0.05) is 6.92 Å². The summed E-state index contributed by atoms with van der Waals surface area (Å²) in [5.41, 5.74) is 0.926. The van der Waals surface area contributed by atoms with Crippen molar-refractivity contribution in [3.63, 3.8) is 0 Å². The fourth-order valence-corrected chi connectivity index (χ4v) is 3.06. The van der Waals surface area contributed by atoms with Gasteiger partial charge in [-0.05, 0) is 43.9 Å². The highest BCUT2D eigenvalue weighted by molar-refractivity contribution is 5.74. The lowest BCUT2D eigenvalue weighted by Gasteiger charge is -2.26. The Balaban J connectivity index is 1.78. The van der Waals surface area contributed by atoms with Crippen LogP contribution in [0, 0.1) is 5.82 Å². The molecule has 1 aliphatic carbocycles. The van der Waals surface area contributed by atoms with Gasteiger partial charge < -0.3 is 14.8 Å². The molecule has 1 aromatic carbocycles. The molecule has 1 fully saturated rings. The Labute approximate surface area is 123 Å². The molecular weight excluding hydrogens is 271 g/mol. The number of halogens is 1. The summed E-state index contributed by atoms with van der Waals surface area (Å²) >= 11 is 0. The molecule has 2 aromatic rings. The summed E-state index contributed by atoms with van der Waals surface area (Å²) in [7, 11) is 0. The summed E-state index contributed by atoms with van der Waals surface area (Å²) in [4.78, 5) is 4.28. The Kier molecular flexibility index (Phi) is 3.71. The van der Waals surface area contributed by atoms with Crippen LogP contribution in [-0.4, -0.2) is 21.7 Å². The first-order chi connectivity index (χ1) is 9.99. The molecule has 4 nitrogen and oxygen atoms in total. The fourth-order valence-electron chi connectivity index (χ4n) is 3.06. The maximum absolute atomic E-state index is 14.0. The summed E-state index contributed by atoms with van der Waals surface area (Å²) in [6, 6.07) is 3.38. The molecule has 5 heteroatoms. The largest absolute Gasteiger partial charge is 0.438 e. The smallest absolute Gasteiger partial charge is 0.195 e. The number of aryl methyl sites for hydroxylation is 1. The van der Waals surface area contributed by atoms with E-state index in [0.29, 0.717) is 24.4 Å². The highest BCUT2D eigenvalue weighted by Gasteiger charge is 2.36. The second kappa shape index (κ2) is 5.39. The van der Waals surface area contributed by atoms with E-state index in [4.69, 9.17) is 4.42 Å². The Bertz CT molecular complexity index is 651. The topological polar surface area (TPSA) is 58.3 Å². The highest BCUT2D eigenvalue weighted by atomic mass is 19.1. The molecule has 0 unspecified atom stereocenters. The third kappa shape index (κ3) is 2.80. The van der Waals surface area contributed by atoms with E-state index in [9.17, 15) is 9.50 Å². The first-order valence-corrected chi connectivity index (χ1v) is 7.53. The Morgan fingerprint density at radius 1 is 1.52 bits per heavy atom. The normalized spacial score (nSPS) is 25.8. The number of aromatic nitrogens is 1. The van der Waals surface area contributed by atoms with Crippen molar-refractivity contribution in [2.24, 2.45) is 0 Å². The van der Waals surface area contributed by atoms with E-state index >= 15 is 0 Å². The van der Waals surface area contributed by atoms with Gasteiger partial charge in [-0.15, -0.1) is 0 Å². The SMILES string of the molecule is CCc1nc2cc(CN[C@H]3CCC[C@@]3(C)O)cc(F)c2o1. The van der Waals surface area contributed by atoms with Gasteiger partial charge in [-0.2, -0.15) is 0 Å². The van der Waals surface area contributed by atoms with Gasteiger partial charge in [0, 0.05) is 19.0 Å². The predicted octanol–water partition coefficient (Wildman–Crippen LogP) is 2.92. The van der Waals surface area contributed by atoms with E-state index in [-0.39, 0.29) is 17.4 Å². The summed E-state index contributed by atoms with van der Waals surface area (Å²) in [6.07, 6.45) is 3.41. The zero-order chi connectivity index (χ0) is 15.0. The van der Waals surface area contributed by atoms with Gasteiger partial charge in [0.05, 0.1) is 5.60 Å². The number of rotatable bonds is 4. The average molecular weight is 292 g/mol. The van der Waals surface area contributed by atoms with Gasteiger partial charge in [0.2, 0.25) is 0 Å². The van der Waals surface area contributed by atoms with Gasteiger partial charge >= 0.3 is 0 Å². The molecule has 1 aliphatic rings. The molecule has 0 saturated heterocycles. The molecule has 21 heavy (non-hydrogen) atoms. The molecule has 1 heterocycles. The number of oxazole rings is 1. The zero-order valence-corrected chi connectivity index (χ0v) is 12.4. The van der Waals surface area contributed by atoms with Crippen molar-refractivity contribution in [3.05, 3.63) is 29.4 Å². The van der Waals surface area contributed by atoms with E-state index in [1.807, 2.05) is 19.9 Å². The first kappa shape index (κ1) is 14.5. The molecule has 0 amide bonds. The minimum atomic E-state index is -0.675. The van der Waals surface area contributed by atoms with E-state index in [2.05, 4.69) is 10.3 Å². The van der Waals surface area contributed by atoms with Crippen molar-refractivity contribution in [1.29, 1.82) is 0 Å². The summed E-state index contributed by atoms with van der Waals surface area (Å²) < 4.78 is 19.4. The summed E-state index contributed by atoms with van der Waals surface area (Å²) in [5, 5.41) is 13.6. The van der Waals surface area contributed by atoms with Gasteiger partial charge in [0.1, 0.15) is 5.52 Å². The Morgan fingerprint density at radius 2 is 2.33 bits per heavy atom. The minimum absolute atomic E-state index is 0.0553. The van der Waals surface area contributed by atoms with Gasteiger partial charge in [-0.3, -0.25) is 0 Å². The molecule has 0 spiro atoms. The van der Waals surface area contributed by atoms with Crippen LogP contribution >= 0.6 is 0 Å². The number of aliphatic hydroxyl groups is 1. The fraction of sp³-hybridized carbons (Fsp3) is 0.562. The zero-order valence-electron chi connectivity index (χ0n) is 12.4. The van der Waals surface area contributed by atoms with Crippen LogP contribution in [-0.2, 0) is 13.0 Å². The van der Waals surface area contributed by atoms with E-state index < -0.39 is 5.60 Å². The molecule has 1 aromatic heterocycles. The molecule has 1 saturated carbocycles. The third-order valence-electron chi connectivity index (χ3n) is 4.33. The molecule has 2 N–H and O–H groups in total. The van der Waals surface area contributed by atoms with Gasteiger partial charge in [0.15, 0.2) is 17.3 Å². The summed E-state index contributed by atoms with van der Waals surface area (Å²) in [5.74, 6) is 0.169. The lowest BCUT2D eigenvalue weighted by Crippen LogP contribution is -2.44. The van der Waals surface area contributed by atoms with Crippen molar-refractivity contribution in [3.8, 4) is 0 Å². The minimum Gasteiger partial charge on any atom is -0.438 e. The second-order valence-electron chi connectivity index (χ2n) is 6.07. The number of nitrogens with zero attached hydrogens (tertiary/aromatic N) is 1. The molecule has 0 radical (unpaired) electrons. The molecule has 0 bridgehead atoms. The Morgan fingerprint density at radius 3 is 3.00 bits per heavy atom. The predicted molar refractivity (Wildman–Crippen MR) is 78.4 cm³/mol. The first-order valence-electron chi connectivity index (χ1n) is 7.53. The quantitative estimate of drug-likeness (QED) is 0.909. The molecule has 0 aliphatic heterocycles. The van der Waals surface area contributed by atoms with Gasteiger partial charge in [-0.25, -0.2) is 9.37 Å². The third-order valence-corrected chi connectivity index (χ3v) is 4.33. The van der Waals surface area contributed by atoms with Crippen LogP contribution in [0.4, 0.5) is 4.39 Å². The van der Waals surface area contributed by atoms with Crippen LogP contribution in [0.5, 0.6) is 0 Å². The van der Waals surface area contributed by atoms with Crippen LogP contribution in [0.1, 0.15) is 44.6 Å². The number of nitrogens with one attached hydrogen (secondary N) is 1. The number of hydrogen-bond acceptors (Lipinski definition) is 4. The average Bonchev–Trinajstić information content (AvgIpc) is 2.99. The van der Waals surface area contributed by atoms with Crippen molar-refractivity contribution in [2.75, 3.05) is 0 Å². The van der Waals surface area contributed by atoms with Crippen LogP contribution < -0.4 is 5.32 Å². The maximum Gasteiger partial charge on any atom is 0.195 e. The molecule has 2 atom stereocenters. The lowest BCUT2D eigenvalue weighted by atomic mass is 10.0. The van der Waals surface area contributed by atoms with Crippen molar-refractivity contribution >= 4 is 11.1 Å². The van der Waals surface area contributed by atoms with Crippen LogP contribution in [0.2, 0.25) is 0 Å². The second-order valence-corrected chi connectivity index (χ2v) is 6.07. The van der Waals surface area contributed by atoms with Crippen molar-refractivity contribution in [1.82, 2.24) is 10.3 Å². The van der Waals surface area contributed by atoms with Crippen LogP contribution in [0.15, 0.2) is 16.5 Å². The number of hydrogen-bond donors (Lipinski definition) is 2. The van der Waals surface area contributed by atoms with Crippen LogP contribution in [0.3, 0.4) is 0 Å². The van der Waals surface area contributed by atoms with Crippen molar-refractivity contribution in [2.45, 2.75) is 57.7 Å². The molecular formula is C16H21FN2O2. The molecule has 3 rings (SSSR count). The van der Waals surface area contributed by atoms with E-state index in [0.717, 1.165) is 24.8 Å². The van der Waals surface area contributed by atoms with Gasteiger partial charge in [0.25, 0.3) is 0 Å². The number of benzene rings is 1. The lowest BCUT2D eigenvalue weighted by molar-refractivity contribution is 0.0387. The highest BCUT2D eigenvalue weighted by Crippen LogP contribution is 2.30. The van der Waals surface area contributed by atoms with Crippen LogP contribution in [0.25, 0.3) is 11.1 Å². The van der Waals surface area contributed by atoms with Crippen molar-refractivity contribution < 1.29 is 13.9 Å². The van der Waals surface area contributed by atoms with E-state index in [1.165, 1.54) is 6.07 Å². The molecule has 114 valence electrons. The summed E-state index contributed by atoms with van der Waals surface area (Å²) in [6.45, 7) is 4.29.